The van der Waals surface area contributed by atoms with E-state index in [0.717, 1.165) is 0 Å². The van der Waals surface area contributed by atoms with E-state index in [-0.39, 0.29) is 48.8 Å². The number of rotatable bonds is 12. The number of benzene rings is 1. The van der Waals surface area contributed by atoms with Crippen LogP contribution in [0, 0.1) is 5.92 Å². The summed E-state index contributed by atoms with van der Waals surface area (Å²) in [5, 5.41) is 6.38. The van der Waals surface area contributed by atoms with Crippen LogP contribution in [0.5, 0.6) is 0 Å². The van der Waals surface area contributed by atoms with Crippen LogP contribution in [0.2, 0.25) is 0 Å². The van der Waals surface area contributed by atoms with Gasteiger partial charge in [-0.25, -0.2) is 15.0 Å². The van der Waals surface area contributed by atoms with Gasteiger partial charge in [0.15, 0.2) is 29.3 Å². The molecule has 1 aliphatic heterocycles. The van der Waals surface area contributed by atoms with Crippen LogP contribution >= 0.6 is 7.60 Å². The van der Waals surface area contributed by atoms with Crippen molar-refractivity contribution in [2.24, 2.45) is 11.0 Å². The number of nitrogens with one attached hydrogen (secondary N) is 1. The quantitative estimate of drug-likeness (QED) is 0.109. The molecule has 1 saturated heterocycles. The predicted octanol–water partition coefficient (Wildman–Crippen LogP) is 4.10. The molecular formula is C24H29N8O7P. The number of hydrogen-bond donors (Lipinski definition) is 1. The topological polar surface area (TPSA) is 193 Å². The second kappa shape index (κ2) is 13.0. The Morgan fingerprint density at radius 1 is 1.18 bits per heavy atom. The maximum atomic E-state index is 13.5. The molecule has 16 heteroatoms. The van der Waals surface area contributed by atoms with Gasteiger partial charge in [0.05, 0.1) is 38.4 Å². The van der Waals surface area contributed by atoms with Gasteiger partial charge in [-0.2, -0.15) is 0 Å². The molecule has 15 nitrogen and oxygen atoms in total. The smallest absolute Gasteiger partial charge is 0.331 e. The minimum Gasteiger partial charge on any atom is -0.457 e. The average molecular weight is 573 g/mol. The first-order chi connectivity index (χ1) is 19.3. The summed E-state index contributed by atoms with van der Waals surface area (Å²) in [6.07, 6.45) is -0.298. The molecule has 2 aromatic heterocycles. The van der Waals surface area contributed by atoms with Gasteiger partial charge in [-0.15, -0.1) is 0 Å². The number of ether oxygens (including phenoxy) is 2. The lowest BCUT2D eigenvalue weighted by atomic mass is 10.00. The first-order valence-corrected chi connectivity index (χ1v) is 14.3. The Kier molecular flexibility index (Phi) is 9.46. The zero-order valence-corrected chi connectivity index (χ0v) is 23.0. The van der Waals surface area contributed by atoms with Crippen molar-refractivity contribution < 1.29 is 32.7 Å². The molecule has 1 N–H and O–H groups in total. The second-order valence-electron chi connectivity index (χ2n) is 8.71. The maximum absolute atomic E-state index is 13.5. The molecule has 1 fully saturated rings. The van der Waals surface area contributed by atoms with Crippen molar-refractivity contribution in [3.8, 4) is 0 Å². The van der Waals surface area contributed by atoms with Gasteiger partial charge in [-0.05, 0) is 31.5 Å². The summed E-state index contributed by atoms with van der Waals surface area (Å²) in [5.41, 5.74) is 9.92. The molecule has 3 heterocycles. The third-order valence-corrected chi connectivity index (χ3v) is 8.28. The Morgan fingerprint density at radius 2 is 1.90 bits per heavy atom. The van der Waals surface area contributed by atoms with E-state index in [1.165, 1.54) is 24.1 Å². The highest BCUT2D eigenvalue weighted by Gasteiger charge is 2.51. The first kappa shape index (κ1) is 29.1. The molecule has 0 saturated carbocycles. The normalized spacial score (nSPS) is 20.7. The number of anilines is 1. The Bertz CT molecular complexity index is 1440. The molecule has 3 aromatic rings. The maximum Gasteiger partial charge on any atom is 0.331 e. The van der Waals surface area contributed by atoms with E-state index >= 15 is 0 Å². The average Bonchev–Trinajstić information content (AvgIpc) is 3.50. The van der Waals surface area contributed by atoms with Gasteiger partial charge >= 0.3 is 13.6 Å². The zero-order valence-electron chi connectivity index (χ0n) is 22.1. The highest BCUT2D eigenvalue weighted by Crippen LogP contribution is 2.53. The number of azide groups is 1. The summed E-state index contributed by atoms with van der Waals surface area (Å²) in [5.74, 6) is -1.56. The minimum absolute atomic E-state index is 0.131. The summed E-state index contributed by atoms with van der Waals surface area (Å²) in [7, 11) is -3.63. The van der Waals surface area contributed by atoms with Crippen molar-refractivity contribution in [2.75, 3.05) is 31.2 Å². The summed E-state index contributed by atoms with van der Waals surface area (Å²) >= 11 is 0. The summed E-state index contributed by atoms with van der Waals surface area (Å²) in [6.45, 7) is 4.75. The zero-order chi connectivity index (χ0) is 28.7. The van der Waals surface area contributed by atoms with Crippen LogP contribution < -0.4 is 5.32 Å². The van der Waals surface area contributed by atoms with Crippen molar-refractivity contribution in [2.45, 2.75) is 39.2 Å². The van der Waals surface area contributed by atoms with Crippen LogP contribution in [0.4, 0.5) is 5.82 Å². The first-order valence-electron chi connectivity index (χ1n) is 12.6. The van der Waals surface area contributed by atoms with E-state index in [1.54, 1.807) is 44.2 Å². The SMILES string of the molecule is CCOP(=O)(C[C@H]1[C@@H](OC(C)=O)[C@H](n2cnc3c(NC(=O)c4ccccc4)ncnc32)O[C@@H]1CN=[N+]=[N-])OCC. The Hall–Kier alpha value is -3.87. The van der Waals surface area contributed by atoms with Gasteiger partial charge in [-0.1, -0.05) is 23.3 Å². The summed E-state index contributed by atoms with van der Waals surface area (Å²) < 4.78 is 37.9. The molecule has 212 valence electrons. The molecular weight excluding hydrogens is 543 g/mol. The van der Waals surface area contributed by atoms with Crippen LogP contribution in [0.3, 0.4) is 0 Å². The molecule has 1 aliphatic rings. The Balaban J connectivity index is 1.72. The Morgan fingerprint density at radius 3 is 2.55 bits per heavy atom. The van der Waals surface area contributed by atoms with E-state index in [1.807, 2.05) is 0 Å². The lowest BCUT2D eigenvalue weighted by Gasteiger charge is -2.27. The third kappa shape index (κ3) is 6.46. The summed E-state index contributed by atoms with van der Waals surface area (Å²) in [6, 6.07) is 8.60. The molecule has 1 amide bonds. The van der Waals surface area contributed by atoms with Crippen molar-refractivity contribution in [1.82, 2.24) is 19.5 Å². The number of fused-ring (bicyclic) bond motifs is 1. The number of carbonyl (C=O) groups excluding carboxylic acids is 2. The Labute approximate surface area is 229 Å². The van der Waals surface area contributed by atoms with Gasteiger partial charge in [0.1, 0.15) is 6.33 Å². The minimum atomic E-state index is -3.63. The second-order valence-corrected chi connectivity index (χ2v) is 10.8. The molecule has 0 radical (unpaired) electrons. The van der Waals surface area contributed by atoms with Crippen LogP contribution in [0.15, 0.2) is 48.1 Å². The van der Waals surface area contributed by atoms with E-state index in [2.05, 4.69) is 30.3 Å². The number of imidazole rings is 1. The fourth-order valence-electron chi connectivity index (χ4n) is 4.55. The van der Waals surface area contributed by atoms with E-state index in [9.17, 15) is 14.2 Å². The van der Waals surface area contributed by atoms with Crippen molar-refractivity contribution in [3.63, 3.8) is 0 Å². The van der Waals surface area contributed by atoms with Crippen LogP contribution in [-0.2, 0) is 27.9 Å². The lowest BCUT2D eigenvalue weighted by Crippen LogP contribution is -2.34. The van der Waals surface area contributed by atoms with Gasteiger partial charge in [0, 0.05) is 23.3 Å². The van der Waals surface area contributed by atoms with Gasteiger partial charge in [0.2, 0.25) is 0 Å². The predicted molar refractivity (Wildman–Crippen MR) is 142 cm³/mol. The van der Waals surface area contributed by atoms with Gasteiger partial charge in [-0.3, -0.25) is 18.7 Å². The van der Waals surface area contributed by atoms with Crippen molar-refractivity contribution in [3.05, 3.63) is 59.0 Å². The molecule has 4 atom stereocenters. The van der Waals surface area contributed by atoms with Crippen LogP contribution in [0.25, 0.3) is 21.6 Å². The molecule has 0 aliphatic carbocycles. The number of carbonyl (C=O) groups is 2. The largest absolute Gasteiger partial charge is 0.457 e. The fraction of sp³-hybridized carbons (Fsp3) is 0.458. The van der Waals surface area contributed by atoms with E-state index < -0.39 is 37.9 Å². The number of esters is 1. The highest BCUT2D eigenvalue weighted by molar-refractivity contribution is 7.53. The van der Waals surface area contributed by atoms with Crippen LogP contribution in [0.1, 0.15) is 37.4 Å². The molecule has 4 rings (SSSR count). The molecule has 1 aromatic carbocycles. The molecule has 0 bridgehead atoms. The fourth-order valence-corrected chi connectivity index (χ4v) is 6.58. The van der Waals surface area contributed by atoms with Crippen molar-refractivity contribution in [1.29, 1.82) is 0 Å². The highest BCUT2D eigenvalue weighted by atomic mass is 31.2. The van der Waals surface area contributed by atoms with Crippen LogP contribution in [-0.4, -0.2) is 69.5 Å². The van der Waals surface area contributed by atoms with Gasteiger partial charge in [0.25, 0.3) is 5.91 Å². The number of nitrogens with zero attached hydrogens (tertiary/aromatic N) is 7. The number of aromatic nitrogens is 4. The molecule has 0 unspecified atom stereocenters. The lowest BCUT2D eigenvalue weighted by molar-refractivity contribution is -0.153. The molecule has 0 spiro atoms. The number of amides is 1. The number of hydrogen-bond acceptors (Lipinski definition) is 11. The van der Waals surface area contributed by atoms with Crippen molar-refractivity contribution >= 4 is 36.5 Å². The van der Waals surface area contributed by atoms with Gasteiger partial charge < -0.3 is 23.8 Å². The molecule has 40 heavy (non-hydrogen) atoms. The summed E-state index contributed by atoms with van der Waals surface area (Å²) in [4.78, 5) is 40.6. The van der Waals surface area contributed by atoms with E-state index in [0.29, 0.717) is 5.56 Å². The monoisotopic (exact) mass is 572 g/mol. The third-order valence-electron chi connectivity index (χ3n) is 6.11. The van der Waals surface area contributed by atoms with E-state index in [4.69, 9.17) is 24.1 Å². The standard InChI is InChI=1S/C24H29N8O7P/c1-4-36-40(35,37-5-2)12-17-18(11-29-31-25)39-24(20(17)38-15(3)33)32-14-28-19-21(26-13-27-22(19)32)30-23(34)16-9-7-6-8-10-16/h6-10,13-14,17-18,20,24H,4-5,11-12H2,1-3H3,(H,26,27,30,34)/t17-,18-,20-,24-/m1/s1.